The summed E-state index contributed by atoms with van der Waals surface area (Å²) in [5, 5.41) is 0. The number of nitrogens with zero attached hydrogens (tertiary/aromatic N) is 1. The van der Waals surface area contributed by atoms with E-state index in [4.69, 9.17) is 0 Å². The highest BCUT2D eigenvalue weighted by Gasteiger charge is 2.33. The summed E-state index contributed by atoms with van der Waals surface area (Å²) in [6.07, 6.45) is 12.4. The number of pyridine rings is 1. The summed E-state index contributed by atoms with van der Waals surface area (Å²) in [5.41, 5.74) is 2.82. The monoisotopic (exact) mass is 267 g/mol. The molecule has 3 rings (SSSR count). The van der Waals surface area contributed by atoms with Crippen molar-refractivity contribution in [2.75, 3.05) is 0 Å². The van der Waals surface area contributed by atoms with Crippen LogP contribution in [0.3, 0.4) is 0 Å². The van der Waals surface area contributed by atoms with Crippen LogP contribution in [0.15, 0.2) is 49.3 Å². The molecule has 0 radical (unpaired) electrons. The van der Waals surface area contributed by atoms with Crippen molar-refractivity contribution in [3.8, 4) is 0 Å². The Balaban J connectivity index is 1.81. The van der Waals surface area contributed by atoms with Gasteiger partial charge in [0.05, 0.1) is 0 Å². The van der Waals surface area contributed by atoms with E-state index in [1.165, 1.54) is 11.1 Å². The molecule has 0 aliphatic heterocycles. The van der Waals surface area contributed by atoms with Gasteiger partial charge in [-0.05, 0) is 60.8 Å². The summed E-state index contributed by atoms with van der Waals surface area (Å²) in [6.45, 7) is 3.95. The van der Waals surface area contributed by atoms with Crippen LogP contribution in [0.25, 0.3) is 5.52 Å². The predicted octanol–water partition coefficient (Wildman–Crippen LogP) is 4.36. The molecule has 0 unspecified atom stereocenters. The number of allylic oxidation sites excluding steroid dienone is 1. The number of fused-ring (bicyclic) bond motifs is 1. The zero-order valence-corrected chi connectivity index (χ0v) is 11.8. The Morgan fingerprint density at radius 2 is 2.05 bits per heavy atom. The maximum Gasteiger partial charge on any atom is 0.120 e. The number of hydrogen-bond acceptors (Lipinski definition) is 1. The molecular weight excluding hydrogens is 246 g/mol. The molecule has 0 amide bonds. The first kappa shape index (κ1) is 13.2. The molecule has 1 aliphatic carbocycles. The Labute approximate surface area is 120 Å². The predicted molar refractivity (Wildman–Crippen MR) is 81.9 cm³/mol. The summed E-state index contributed by atoms with van der Waals surface area (Å²) in [4.78, 5) is 10.9. The summed E-state index contributed by atoms with van der Waals surface area (Å²) in [5.74, 6) is 0.613. The van der Waals surface area contributed by atoms with Gasteiger partial charge in [0.25, 0.3) is 0 Å². The number of hydrogen-bond donors (Lipinski definition) is 0. The Kier molecular flexibility index (Phi) is 3.47. The van der Waals surface area contributed by atoms with Crippen LogP contribution in [-0.4, -0.2) is 10.7 Å². The normalized spacial score (nSPS) is 26.5. The second-order valence-corrected chi connectivity index (χ2v) is 5.98. The van der Waals surface area contributed by atoms with Crippen LogP contribution in [-0.2, 0) is 4.79 Å². The van der Waals surface area contributed by atoms with Gasteiger partial charge in [0.15, 0.2) is 0 Å². The highest BCUT2D eigenvalue weighted by Crippen LogP contribution is 2.46. The molecule has 0 saturated heterocycles. The first-order valence-corrected chi connectivity index (χ1v) is 7.41. The third kappa shape index (κ3) is 2.20. The first-order chi connectivity index (χ1) is 9.78. The summed E-state index contributed by atoms with van der Waals surface area (Å²) < 4.78 is 2.19. The highest BCUT2D eigenvalue weighted by atomic mass is 16.1. The smallest absolute Gasteiger partial charge is 0.120 e. The SMILES string of the molecule is C=CC1(CC=O)CCC(c2ccn3ccccc23)CC1. The van der Waals surface area contributed by atoms with Gasteiger partial charge in [-0.25, -0.2) is 0 Å². The van der Waals surface area contributed by atoms with Crippen LogP contribution in [0, 0.1) is 5.41 Å². The lowest BCUT2D eigenvalue weighted by Gasteiger charge is -2.36. The van der Waals surface area contributed by atoms with E-state index in [1.807, 2.05) is 6.08 Å². The van der Waals surface area contributed by atoms with E-state index in [2.05, 4.69) is 47.6 Å². The minimum atomic E-state index is 0.0494. The van der Waals surface area contributed by atoms with Gasteiger partial charge in [0.1, 0.15) is 6.29 Å². The van der Waals surface area contributed by atoms with Crippen molar-refractivity contribution in [1.82, 2.24) is 4.40 Å². The molecule has 2 heterocycles. The second-order valence-electron chi connectivity index (χ2n) is 5.98. The molecule has 0 atom stereocenters. The molecule has 20 heavy (non-hydrogen) atoms. The number of carbonyl (C=O) groups is 1. The third-order valence-corrected chi connectivity index (χ3v) is 4.94. The number of aromatic nitrogens is 1. The van der Waals surface area contributed by atoms with Gasteiger partial charge in [-0.3, -0.25) is 0 Å². The molecule has 1 saturated carbocycles. The molecule has 0 bridgehead atoms. The quantitative estimate of drug-likeness (QED) is 0.596. The average Bonchev–Trinajstić information content (AvgIpc) is 2.92. The maximum atomic E-state index is 10.9. The van der Waals surface area contributed by atoms with E-state index in [0.717, 1.165) is 32.0 Å². The Bertz CT molecular complexity index is 617. The second kappa shape index (κ2) is 5.28. The lowest BCUT2D eigenvalue weighted by Crippen LogP contribution is -2.25. The Morgan fingerprint density at radius 3 is 2.75 bits per heavy atom. The van der Waals surface area contributed by atoms with E-state index in [0.29, 0.717) is 12.3 Å². The molecule has 2 nitrogen and oxygen atoms in total. The van der Waals surface area contributed by atoms with Gasteiger partial charge in [-0.15, -0.1) is 6.58 Å². The molecule has 0 spiro atoms. The van der Waals surface area contributed by atoms with Crippen molar-refractivity contribution in [2.45, 2.75) is 38.0 Å². The largest absolute Gasteiger partial charge is 0.324 e. The molecule has 0 N–H and O–H groups in total. The highest BCUT2D eigenvalue weighted by molar-refractivity contribution is 5.57. The topological polar surface area (TPSA) is 21.5 Å². The average molecular weight is 267 g/mol. The Morgan fingerprint density at radius 1 is 1.25 bits per heavy atom. The van der Waals surface area contributed by atoms with Gasteiger partial charge in [0.2, 0.25) is 0 Å². The number of carbonyl (C=O) groups excluding carboxylic acids is 1. The van der Waals surface area contributed by atoms with Crippen molar-refractivity contribution in [3.05, 3.63) is 54.9 Å². The van der Waals surface area contributed by atoms with Crippen molar-refractivity contribution in [2.24, 2.45) is 5.41 Å². The van der Waals surface area contributed by atoms with Crippen LogP contribution in [0.4, 0.5) is 0 Å². The molecule has 104 valence electrons. The van der Waals surface area contributed by atoms with E-state index < -0.39 is 0 Å². The van der Waals surface area contributed by atoms with Gasteiger partial charge >= 0.3 is 0 Å². The molecule has 1 fully saturated rings. The van der Waals surface area contributed by atoms with Crippen LogP contribution >= 0.6 is 0 Å². The maximum absolute atomic E-state index is 10.9. The van der Waals surface area contributed by atoms with Crippen LogP contribution < -0.4 is 0 Å². The van der Waals surface area contributed by atoms with Gasteiger partial charge in [-0.2, -0.15) is 0 Å². The molecule has 0 aromatic carbocycles. The zero-order chi connectivity index (χ0) is 14.0. The molecular formula is C18H21NO. The minimum Gasteiger partial charge on any atom is -0.324 e. The lowest BCUT2D eigenvalue weighted by molar-refractivity contribution is -0.109. The molecule has 2 aromatic heterocycles. The summed E-state index contributed by atoms with van der Waals surface area (Å²) in [6, 6.07) is 8.60. The Hall–Kier alpha value is -1.83. The van der Waals surface area contributed by atoms with Crippen molar-refractivity contribution in [3.63, 3.8) is 0 Å². The lowest BCUT2D eigenvalue weighted by atomic mass is 9.68. The summed E-state index contributed by atoms with van der Waals surface area (Å²) >= 11 is 0. The first-order valence-electron chi connectivity index (χ1n) is 7.41. The number of aldehydes is 1. The fourth-order valence-electron chi connectivity index (χ4n) is 3.58. The molecule has 2 heteroatoms. The van der Waals surface area contributed by atoms with Gasteiger partial charge in [-0.1, -0.05) is 12.1 Å². The van der Waals surface area contributed by atoms with E-state index in [-0.39, 0.29) is 5.41 Å². The van der Waals surface area contributed by atoms with Crippen LogP contribution in [0.1, 0.15) is 43.6 Å². The van der Waals surface area contributed by atoms with E-state index >= 15 is 0 Å². The van der Waals surface area contributed by atoms with Crippen molar-refractivity contribution in [1.29, 1.82) is 0 Å². The zero-order valence-electron chi connectivity index (χ0n) is 11.8. The van der Waals surface area contributed by atoms with E-state index in [1.54, 1.807) is 0 Å². The molecule has 1 aliphatic rings. The van der Waals surface area contributed by atoms with Gasteiger partial charge < -0.3 is 9.20 Å². The van der Waals surface area contributed by atoms with Crippen molar-refractivity contribution >= 4 is 11.8 Å². The summed E-state index contributed by atoms with van der Waals surface area (Å²) in [7, 11) is 0. The fourth-order valence-corrected chi connectivity index (χ4v) is 3.58. The fraction of sp³-hybridized carbons (Fsp3) is 0.389. The third-order valence-electron chi connectivity index (χ3n) is 4.94. The molecule has 2 aromatic rings. The van der Waals surface area contributed by atoms with Gasteiger partial charge in [0, 0.05) is 24.3 Å². The van der Waals surface area contributed by atoms with E-state index in [9.17, 15) is 4.79 Å². The number of rotatable bonds is 4. The van der Waals surface area contributed by atoms with Crippen LogP contribution in [0.5, 0.6) is 0 Å². The minimum absolute atomic E-state index is 0.0494. The standard InChI is InChI=1S/C18H21NO/c1-2-18(11-14-20)9-6-15(7-10-18)16-8-13-19-12-4-3-5-17(16)19/h2-5,8,12-15H,1,6-7,9-11H2. The van der Waals surface area contributed by atoms with Crippen molar-refractivity contribution < 1.29 is 4.79 Å². The van der Waals surface area contributed by atoms with Crippen LogP contribution in [0.2, 0.25) is 0 Å².